The largest absolute Gasteiger partial charge is 0.394 e. The van der Waals surface area contributed by atoms with Gasteiger partial charge in [0.1, 0.15) is 0 Å². The summed E-state index contributed by atoms with van der Waals surface area (Å²) in [4.78, 5) is 11.3. The number of aliphatic hydroxyl groups is 1. The van der Waals surface area contributed by atoms with Gasteiger partial charge in [-0.15, -0.1) is 0 Å². The first-order valence-electron chi connectivity index (χ1n) is 4.74. The summed E-state index contributed by atoms with van der Waals surface area (Å²) in [5, 5.41) is 11.6. The minimum absolute atomic E-state index is 0.0173. The van der Waals surface area contributed by atoms with E-state index in [2.05, 4.69) is 5.32 Å². The molecule has 1 unspecified atom stereocenters. The molecule has 1 aliphatic heterocycles. The van der Waals surface area contributed by atoms with Gasteiger partial charge >= 0.3 is 0 Å². The van der Waals surface area contributed by atoms with Crippen molar-refractivity contribution in [3.8, 4) is 0 Å². The van der Waals surface area contributed by atoms with Crippen LogP contribution in [0, 0.1) is 5.92 Å². The van der Waals surface area contributed by atoms with E-state index in [1.165, 1.54) is 0 Å². The molecule has 1 rings (SSSR count). The van der Waals surface area contributed by atoms with E-state index < -0.39 is 0 Å². The van der Waals surface area contributed by atoms with Crippen LogP contribution in [0.5, 0.6) is 0 Å². The predicted octanol–water partition coefficient (Wildman–Crippen LogP) is -0.0900. The van der Waals surface area contributed by atoms with Crippen LogP contribution >= 0.6 is 0 Å². The minimum atomic E-state index is -0.0894. The van der Waals surface area contributed by atoms with Crippen LogP contribution in [-0.4, -0.2) is 36.9 Å². The molecule has 13 heavy (non-hydrogen) atoms. The highest BCUT2D eigenvalue weighted by atomic mass is 16.5. The van der Waals surface area contributed by atoms with Crippen LogP contribution in [0.2, 0.25) is 0 Å². The van der Waals surface area contributed by atoms with E-state index in [1.54, 1.807) is 0 Å². The van der Waals surface area contributed by atoms with E-state index >= 15 is 0 Å². The summed E-state index contributed by atoms with van der Waals surface area (Å²) >= 11 is 0. The monoisotopic (exact) mass is 187 g/mol. The maximum Gasteiger partial charge on any atom is 0.220 e. The first-order chi connectivity index (χ1) is 6.26. The predicted molar refractivity (Wildman–Crippen MR) is 48.2 cm³/mol. The van der Waals surface area contributed by atoms with E-state index in [1.807, 2.05) is 6.92 Å². The molecule has 0 bridgehead atoms. The average Bonchev–Trinajstić information content (AvgIpc) is 2.07. The molecule has 0 spiro atoms. The highest BCUT2D eigenvalue weighted by Gasteiger charge is 2.22. The number of rotatable bonds is 5. The molecule has 76 valence electrons. The molecule has 0 saturated carbocycles. The number of amides is 1. The second-order valence-electron chi connectivity index (χ2n) is 3.46. The lowest BCUT2D eigenvalue weighted by Crippen LogP contribution is -2.40. The lowest BCUT2D eigenvalue weighted by molar-refractivity contribution is -0.127. The number of hydrogen-bond donors (Lipinski definition) is 2. The van der Waals surface area contributed by atoms with Crippen molar-refractivity contribution < 1.29 is 14.6 Å². The van der Waals surface area contributed by atoms with Crippen LogP contribution in [0.25, 0.3) is 0 Å². The van der Waals surface area contributed by atoms with E-state index in [9.17, 15) is 4.79 Å². The molecular formula is C9H17NO3. The Morgan fingerprint density at radius 3 is 2.77 bits per heavy atom. The Morgan fingerprint density at radius 2 is 2.38 bits per heavy atom. The van der Waals surface area contributed by atoms with Crippen molar-refractivity contribution in [2.75, 3.05) is 19.8 Å². The van der Waals surface area contributed by atoms with Crippen molar-refractivity contribution in [2.24, 2.45) is 5.92 Å². The summed E-state index contributed by atoms with van der Waals surface area (Å²) in [6.07, 6.45) is 1.29. The van der Waals surface area contributed by atoms with Gasteiger partial charge in [-0.05, 0) is 6.42 Å². The van der Waals surface area contributed by atoms with Gasteiger partial charge in [-0.1, -0.05) is 6.92 Å². The fraction of sp³-hybridized carbons (Fsp3) is 0.889. The van der Waals surface area contributed by atoms with Crippen LogP contribution in [0.3, 0.4) is 0 Å². The van der Waals surface area contributed by atoms with Gasteiger partial charge in [-0.3, -0.25) is 4.79 Å². The third kappa shape index (κ3) is 3.32. The van der Waals surface area contributed by atoms with Crippen molar-refractivity contribution in [2.45, 2.75) is 25.8 Å². The van der Waals surface area contributed by atoms with Crippen LogP contribution in [-0.2, 0) is 9.53 Å². The topological polar surface area (TPSA) is 58.6 Å². The van der Waals surface area contributed by atoms with Gasteiger partial charge in [0, 0.05) is 12.3 Å². The lowest BCUT2D eigenvalue weighted by atomic mass is 10.0. The number of nitrogens with one attached hydrogen (secondary N) is 1. The first kappa shape index (κ1) is 10.5. The molecule has 1 fully saturated rings. The second kappa shape index (κ2) is 5.19. The number of ether oxygens (including phenoxy) is 1. The molecule has 4 heteroatoms. The highest BCUT2D eigenvalue weighted by Crippen LogP contribution is 2.13. The van der Waals surface area contributed by atoms with Crippen molar-refractivity contribution in [1.29, 1.82) is 0 Å². The molecule has 1 heterocycles. The molecule has 2 N–H and O–H groups in total. The standard InChI is InChI=1S/C9H17NO3/c1-2-8(4-11)10-9(12)3-7-5-13-6-7/h7-8,11H,2-6H2,1H3,(H,10,12). The molecule has 4 nitrogen and oxygen atoms in total. The highest BCUT2D eigenvalue weighted by molar-refractivity contribution is 5.76. The van der Waals surface area contributed by atoms with Crippen LogP contribution in [0.15, 0.2) is 0 Å². The third-order valence-electron chi connectivity index (χ3n) is 2.26. The second-order valence-corrected chi connectivity index (χ2v) is 3.46. The van der Waals surface area contributed by atoms with Crippen molar-refractivity contribution in [3.05, 3.63) is 0 Å². The molecule has 0 aromatic heterocycles. The lowest BCUT2D eigenvalue weighted by Gasteiger charge is -2.26. The molecule has 1 amide bonds. The van der Waals surface area contributed by atoms with Crippen molar-refractivity contribution in [1.82, 2.24) is 5.32 Å². The molecule has 1 atom stereocenters. The molecule has 0 aliphatic carbocycles. The quantitative estimate of drug-likeness (QED) is 0.632. The average molecular weight is 187 g/mol. The fourth-order valence-corrected chi connectivity index (χ4v) is 1.23. The molecular weight excluding hydrogens is 170 g/mol. The summed E-state index contributed by atoms with van der Waals surface area (Å²) in [5.41, 5.74) is 0. The zero-order valence-corrected chi connectivity index (χ0v) is 7.95. The van der Waals surface area contributed by atoms with Crippen molar-refractivity contribution >= 4 is 5.91 Å². The van der Waals surface area contributed by atoms with Crippen molar-refractivity contribution in [3.63, 3.8) is 0 Å². The Bertz CT molecular complexity index is 164. The Balaban J connectivity index is 2.14. The Morgan fingerprint density at radius 1 is 1.69 bits per heavy atom. The van der Waals surface area contributed by atoms with E-state index in [4.69, 9.17) is 9.84 Å². The van der Waals surface area contributed by atoms with Gasteiger partial charge in [0.25, 0.3) is 0 Å². The number of carbonyl (C=O) groups is 1. The van der Waals surface area contributed by atoms with Gasteiger partial charge in [0.15, 0.2) is 0 Å². The van der Waals surface area contributed by atoms with E-state index in [0.29, 0.717) is 25.6 Å². The molecule has 1 aliphatic rings. The van der Waals surface area contributed by atoms with E-state index in [-0.39, 0.29) is 18.6 Å². The molecule has 1 saturated heterocycles. The van der Waals surface area contributed by atoms with Crippen LogP contribution in [0.1, 0.15) is 19.8 Å². The Kier molecular flexibility index (Phi) is 4.18. The zero-order valence-electron chi connectivity index (χ0n) is 7.95. The number of aliphatic hydroxyl groups excluding tert-OH is 1. The summed E-state index contributed by atoms with van der Waals surface area (Å²) in [6, 6.07) is -0.0894. The molecule has 0 aromatic carbocycles. The minimum Gasteiger partial charge on any atom is -0.394 e. The number of carbonyl (C=O) groups excluding carboxylic acids is 1. The summed E-state index contributed by atoms with van der Waals surface area (Å²) in [6.45, 7) is 3.35. The van der Waals surface area contributed by atoms with Gasteiger partial charge in [0.05, 0.1) is 25.9 Å². The van der Waals surface area contributed by atoms with Gasteiger partial charge in [-0.2, -0.15) is 0 Å². The smallest absolute Gasteiger partial charge is 0.220 e. The summed E-state index contributed by atoms with van der Waals surface area (Å²) in [7, 11) is 0. The summed E-state index contributed by atoms with van der Waals surface area (Å²) in [5.74, 6) is 0.408. The van der Waals surface area contributed by atoms with Gasteiger partial charge in [0.2, 0.25) is 5.91 Å². The van der Waals surface area contributed by atoms with Gasteiger partial charge < -0.3 is 15.2 Å². The molecule has 0 aromatic rings. The number of hydrogen-bond acceptors (Lipinski definition) is 3. The zero-order chi connectivity index (χ0) is 9.68. The maximum absolute atomic E-state index is 11.3. The van der Waals surface area contributed by atoms with Crippen LogP contribution < -0.4 is 5.32 Å². The fourth-order valence-electron chi connectivity index (χ4n) is 1.23. The normalized spacial score (nSPS) is 19.2. The van der Waals surface area contributed by atoms with Gasteiger partial charge in [-0.25, -0.2) is 0 Å². The SMILES string of the molecule is CCC(CO)NC(=O)CC1COC1. The van der Waals surface area contributed by atoms with Crippen LogP contribution in [0.4, 0.5) is 0 Å². The Hall–Kier alpha value is -0.610. The van der Waals surface area contributed by atoms with E-state index in [0.717, 1.165) is 6.42 Å². The Labute approximate surface area is 78.3 Å². The maximum atomic E-state index is 11.3. The first-order valence-corrected chi connectivity index (χ1v) is 4.74. The third-order valence-corrected chi connectivity index (χ3v) is 2.26. The summed E-state index contributed by atoms with van der Waals surface area (Å²) < 4.78 is 4.96. The molecule has 0 radical (unpaired) electrons.